The van der Waals surface area contributed by atoms with Gasteiger partial charge >= 0.3 is 18.1 Å². The van der Waals surface area contributed by atoms with Crippen LogP contribution in [0.1, 0.15) is 21.5 Å². The van der Waals surface area contributed by atoms with E-state index in [0.29, 0.717) is 28.2 Å². The zero-order valence-corrected chi connectivity index (χ0v) is 19.7. The van der Waals surface area contributed by atoms with E-state index in [-0.39, 0.29) is 23.6 Å². The topological polar surface area (TPSA) is 157 Å². The number of carboxylic acids is 2. The second-order valence-corrected chi connectivity index (χ2v) is 8.08. The fourth-order valence-electron chi connectivity index (χ4n) is 3.50. The van der Waals surface area contributed by atoms with Crippen molar-refractivity contribution in [2.45, 2.75) is 12.6 Å². The van der Waals surface area contributed by atoms with Gasteiger partial charge in [0.2, 0.25) is 5.95 Å². The fourth-order valence-corrected chi connectivity index (χ4v) is 3.50. The van der Waals surface area contributed by atoms with Crippen molar-refractivity contribution >= 4 is 34.9 Å². The Balaban J connectivity index is 1.65. The fraction of sp³-hybridized carbons (Fsp3) is 0.0769. The zero-order chi connectivity index (χ0) is 28.2. The number of aromatic nitrogens is 2. The summed E-state index contributed by atoms with van der Waals surface area (Å²) in [5.41, 5.74) is 0.707. The number of aromatic carboxylic acids is 1. The van der Waals surface area contributed by atoms with Crippen LogP contribution in [0.3, 0.4) is 0 Å². The second kappa shape index (κ2) is 11.0. The van der Waals surface area contributed by atoms with E-state index in [1.165, 1.54) is 54.7 Å². The molecule has 0 aliphatic carbocycles. The molecule has 0 spiro atoms. The number of alkyl halides is 3. The molecule has 0 fully saturated rings. The Morgan fingerprint density at radius 1 is 0.897 bits per heavy atom. The summed E-state index contributed by atoms with van der Waals surface area (Å²) >= 11 is 0. The van der Waals surface area contributed by atoms with E-state index in [1.807, 2.05) is 0 Å². The number of halogens is 3. The Bertz CT molecular complexity index is 1570. The van der Waals surface area contributed by atoms with Gasteiger partial charge in [0, 0.05) is 17.4 Å². The van der Waals surface area contributed by atoms with Gasteiger partial charge in [0.15, 0.2) is 0 Å². The molecule has 1 aromatic heterocycles. The van der Waals surface area contributed by atoms with E-state index >= 15 is 0 Å². The zero-order valence-electron chi connectivity index (χ0n) is 19.7. The Morgan fingerprint density at radius 3 is 2.21 bits per heavy atom. The van der Waals surface area contributed by atoms with Gasteiger partial charge in [-0.05, 0) is 66.2 Å². The number of carboxylic acid groups (broad SMARTS) is 2. The highest BCUT2D eigenvalue weighted by molar-refractivity contribution is 5.91. The van der Waals surface area contributed by atoms with Crippen LogP contribution < -0.4 is 5.32 Å². The van der Waals surface area contributed by atoms with Gasteiger partial charge in [-0.25, -0.2) is 14.8 Å². The van der Waals surface area contributed by atoms with Crippen molar-refractivity contribution in [2.24, 2.45) is 10.2 Å². The summed E-state index contributed by atoms with van der Waals surface area (Å²) in [5, 5.41) is 39.0. The molecule has 0 radical (unpaired) electrons. The molecule has 3 aromatic carbocycles. The number of anilines is 2. The summed E-state index contributed by atoms with van der Waals surface area (Å²) in [5.74, 6) is -2.79. The van der Waals surface area contributed by atoms with E-state index in [9.17, 15) is 33.0 Å². The summed E-state index contributed by atoms with van der Waals surface area (Å²) in [6, 6.07) is 14.1. The van der Waals surface area contributed by atoms with E-state index in [4.69, 9.17) is 5.11 Å². The van der Waals surface area contributed by atoms with Gasteiger partial charge in [0.25, 0.3) is 0 Å². The number of benzene rings is 3. The second-order valence-electron chi connectivity index (χ2n) is 8.08. The molecule has 0 bridgehead atoms. The van der Waals surface area contributed by atoms with Crippen LogP contribution in [0.2, 0.25) is 0 Å². The van der Waals surface area contributed by atoms with Gasteiger partial charge in [0.05, 0.1) is 29.1 Å². The molecule has 0 atom stereocenters. The van der Waals surface area contributed by atoms with Crippen molar-refractivity contribution in [2.75, 3.05) is 5.32 Å². The van der Waals surface area contributed by atoms with Crippen LogP contribution in [0.5, 0.6) is 5.75 Å². The SMILES string of the molecule is O=C(O)Cc1ccc(/N=N/c2ccc(O)c(C(=O)O)c2)cc1-c1ccnc(Nc2ccc(C(F)(F)F)cc2)n1. The Hall–Kier alpha value is -5.33. The lowest BCUT2D eigenvalue weighted by Crippen LogP contribution is -2.05. The number of nitrogens with zero attached hydrogens (tertiary/aromatic N) is 4. The Labute approximate surface area is 218 Å². The Kier molecular flexibility index (Phi) is 7.51. The molecular formula is C26H18F3N5O5. The summed E-state index contributed by atoms with van der Waals surface area (Å²) in [6.07, 6.45) is -3.41. The third-order valence-electron chi connectivity index (χ3n) is 5.33. The van der Waals surface area contributed by atoms with Gasteiger partial charge in [0.1, 0.15) is 11.3 Å². The summed E-state index contributed by atoms with van der Waals surface area (Å²) in [7, 11) is 0. The molecule has 0 unspecified atom stereocenters. The molecule has 0 saturated carbocycles. The number of azo groups is 1. The van der Waals surface area contributed by atoms with Crippen molar-refractivity contribution in [3.05, 3.63) is 89.6 Å². The lowest BCUT2D eigenvalue weighted by Gasteiger charge is -2.11. The molecule has 4 aromatic rings. The van der Waals surface area contributed by atoms with Crippen LogP contribution >= 0.6 is 0 Å². The predicted octanol–water partition coefficient (Wildman–Crippen LogP) is 6.35. The molecule has 10 nitrogen and oxygen atoms in total. The summed E-state index contributed by atoms with van der Waals surface area (Å²) < 4.78 is 38.5. The van der Waals surface area contributed by atoms with Crippen molar-refractivity contribution < 1.29 is 38.1 Å². The first-order chi connectivity index (χ1) is 18.5. The molecule has 1 heterocycles. The minimum absolute atomic E-state index is 0.0610. The van der Waals surface area contributed by atoms with Gasteiger partial charge in [-0.3, -0.25) is 4.79 Å². The van der Waals surface area contributed by atoms with E-state index < -0.39 is 29.4 Å². The van der Waals surface area contributed by atoms with Crippen LogP contribution in [-0.4, -0.2) is 37.2 Å². The van der Waals surface area contributed by atoms with Crippen LogP contribution in [-0.2, 0) is 17.4 Å². The standard InChI is InChI=1S/C26H18F3N5O5/c27-26(28,29)15-2-5-16(6-3-15)31-25-30-10-9-21(32-25)19-12-17(4-1-14(19)11-23(36)37)33-34-18-7-8-22(35)20(13-18)24(38)39/h1-10,12-13,35H,11H2,(H,36,37)(H,38,39)(H,30,31,32)/b34-33+. The van der Waals surface area contributed by atoms with E-state index in [2.05, 4.69) is 25.5 Å². The monoisotopic (exact) mass is 537 g/mol. The maximum absolute atomic E-state index is 12.8. The minimum atomic E-state index is -4.47. The molecule has 198 valence electrons. The highest BCUT2D eigenvalue weighted by atomic mass is 19.4. The highest BCUT2D eigenvalue weighted by Crippen LogP contribution is 2.32. The van der Waals surface area contributed by atoms with Crippen molar-refractivity contribution in [1.82, 2.24) is 9.97 Å². The number of aromatic hydroxyl groups is 1. The van der Waals surface area contributed by atoms with Crippen LogP contribution in [0, 0.1) is 0 Å². The quantitative estimate of drug-likeness (QED) is 0.189. The molecule has 39 heavy (non-hydrogen) atoms. The lowest BCUT2D eigenvalue weighted by molar-refractivity contribution is -0.138. The average Bonchev–Trinajstić information content (AvgIpc) is 2.88. The summed E-state index contributed by atoms with van der Waals surface area (Å²) in [6.45, 7) is 0. The third-order valence-corrected chi connectivity index (χ3v) is 5.33. The first kappa shape index (κ1) is 26.7. The van der Waals surface area contributed by atoms with Crippen molar-refractivity contribution in [1.29, 1.82) is 0 Å². The first-order valence-corrected chi connectivity index (χ1v) is 11.1. The first-order valence-electron chi connectivity index (χ1n) is 11.1. The molecule has 0 aliphatic rings. The molecule has 4 rings (SSSR count). The van der Waals surface area contributed by atoms with Crippen LogP contribution in [0.15, 0.2) is 83.2 Å². The molecule has 0 saturated heterocycles. The predicted molar refractivity (Wildman–Crippen MR) is 133 cm³/mol. The van der Waals surface area contributed by atoms with Crippen LogP contribution in [0.25, 0.3) is 11.3 Å². The van der Waals surface area contributed by atoms with E-state index in [0.717, 1.165) is 18.2 Å². The van der Waals surface area contributed by atoms with E-state index in [1.54, 1.807) is 0 Å². The Morgan fingerprint density at radius 2 is 1.56 bits per heavy atom. The number of hydrogen-bond acceptors (Lipinski definition) is 8. The van der Waals surface area contributed by atoms with Gasteiger partial charge in [-0.2, -0.15) is 23.4 Å². The molecule has 0 aliphatic heterocycles. The van der Waals surface area contributed by atoms with Gasteiger partial charge in [-0.1, -0.05) is 6.07 Å². The molecule has 4 N–H and O–H groups in total. The maximum Gasteiger partial charge on any atom is 0.416 e. The number of aliphatic carboxylic acids is 1. The average molecular weight is 537 g/mol. The van der Waals surface area contributed by atoms with Crippen molar-refractivity contribution in [3.8, 4) is 17.0 Å². The largest absolute Gasteiger partial charge is 0.507 e. The smallest absolute Gasteiger partial charge is 0.416 e. The number of carbonyl (C=O) groups is 2. The molecule has 0 amide bonds. The third kappa shape index (κ3) is 6.71. The van der Waals surface area contributed by atoms with Crippen LogP contribution in [0.4, 0.5) is 36.2 Å². The maximum atomic E-state index is 12.8. The lowest BCUT2D eigenvalue weighted by atomic mass is 10.0. The molecule has 13 heteroatoms. The number of hydrogen-bond donors (Lipinski definition) is 4. The number of nitrogens with one attached hydrogen (secondary N) is 1. The summed E-state index contributed by atoms with van der Waals surface area (Å²) in [4.78, 5) is 31.1. The molecular weight excluding hydrogens is 519 g/mol. The van der Waals surface area contributed by atoms with Gasteiger partial charge < -0.3 is 20.6 Å². The normalized spacial score (nSPS) is 11.5. The van der Waals surface area contributed by atoms with Gasteiger partial charge in [-0.15, -0.1) is 0 Å². The number of phenols is 1. The highest BCUT2D eigenvalue weighted by Gasteiger charge is 2.30. The minimum Gasteiger partial charge on any atom is -0.507 e. The number of rotatable bonds is 8. The van der Waals surface area contributed by atoms with Crippen molar-refractivity contribution in [3.63, 3.8) is 0 Å².